The highest BCUT2D eigenvalue weighted by Crippen LogP contribution is 2.36. The van der Waals surface area contributed by atoms with Crippen molar-refractivity contribution in [3.05, 3.63) is 53.8 Å². The van der Waals surface area contributed by atoms with Crippen LogP contribution in [-0.4, -0.2) is 50.6 Å². The maximum absolute atomic E-state index is 13.4. The first-order valence-electron chi connectivity index (χ1n) is 11.2. The fourth-order valence-electron chi connectivity index (χ4n) is 4.27. The Hall–Kier alpha value is -2.64. The number of methoxy groups -OCH3 is 1. The summed E-state index contributed by atoms with van der Waals surface area (Å²) < 4.78 is 24.3. The van der Waals surface area contributed by atoms with E-state index in [0.29, 0.717) is 12.6 Å². The van der Waals surface area contributed by atoms with E-state index in [4.69, 9.17) is 9.47 Å². The smallest absolute Gasteiger partial charge is 0.304 e. The van der Waals surface area contributed by atoms with E-state index in [1.54, 1.807) is 19.2 Å². The van der Waals surface area contributed by atoms with E-state index in [9.17, 15) is 14.3 Å². The minimum atomic E-state index is -0.862. The second kappa shape index (κ2) is 11.8. The Morgan fingerprint density at radius 1 is 1.25 bits per heavy atom. The number of halogens is 1. The zero-order valence-electron chi connectivity index (χ0n) is 18.9. The molecular formula is C25H33FN2O4. The lowest BCUT2D eigenvalue weighted by molar-refractivity contribution is -0.137. The predicted molar refractivity (Wildman–Crippen MR) is 124 cm³/mol. The Labute approximate surface area is 189 Å². The molecule has 2 N–H and O–H groups in total. The second-order valence-corrected chi connectivity index (χ2v) is 8.20. The number of carbonyl (C=O) groups is 1. The number of hydrogen-bond acceptors (Lipinski definition) is 5. The van der Waals surface area contributed by atoms with Crippen LogP contribution >= 0.6 is 0 Å². The average molecular weight is 445 g/mol. The van der Waals surface area contributed by atoms with Gasteiger partial charge in [0, 0.05) is 44.5 Å². The third kappa shape index (κ3) is 6.43. The lowest BCUT2D eigenvalue weighted by atomic mass is 9.94. The highest BCUT2D eigenvalue weighted by atomic mass is 19.1. The van der Waals surface area contributed by atoms with E-state index in [1.807, 2.05) is 12.1 Å². The van der Waals surface area contributed by atoms with E-state index in [-0.39, 0.29) is 18.2 Å². The molecule has 0 saturated carbocycles. The minimum Gasteiger partial charge on any atom is -0.481 e. The molecule has 3 rings (SSSR count). The number of carboxylic acids is 1. The lowest BCUT2D eigenvalue weighted by Crippen LogP contribution is -2.40. The second-order valence-electron chi connectivity index (χ2n) is 8.20. The topological polar surface area (TPSA) is 71.0 Å². The molecular weight excluding hydrogens is 411 g/mol. The number of anilines is 3. The van der Waals surface area contributed by atoms with Crippen molar-refractivity contribution in [2.24, 2.45) is 0 Å². The molecule has 0 bridgehead atoms. The number of ether oxygens (including phenoxy) is 2. The summed E-state index contributed by atoms with van der Waals surface area (Å²) in [5, 5.41) is 12.8. The summed E-state index contributed by atoms with van der Waals surface area (Å²) in [5.74, 6) is -1.41. The molecule has 2 aromatic rings. The van der Waals surface area contributed by atoms with Crippen LogP contribution in [0.15, 0.2) is 42.5 Å². The normalized spacial score (nSPS) is 15.3. The number of nitrogens with zero attached hydrogens (tertiary/aromatic N) is 1. The van der Waals surface area contributed by atoms with Gasteiger partial charge in [0.15, 0.2) is 0 Å². The standard InChI is InChI=1S/C25H33FN2O4/c1-3-12-28(22-10-13-32-14-11-22)24-9-4-18(19(17-31-2)16-25(29)30)15-23(24)27-21-7-5-20(26)6-8-21/h4-9,15,19,22,27H,3,10-14,16-17H2,1-2H3,(H,29,30)/t19-/m1/s1. The van der Waals surface area contributed by atoms with Crippen LogP contribution in [-0.2, 0) is 14.3 Å². The van der Waals surface area contributed by atoms with Crippen LogP contribution in [0.5, 0.6) is 0 Å². The van der Waals surface area contributed by atoms with Gasteiger partial charge in [-0.05, 0) is 61.2 Å². The van der Waals surface area contributed by atoms with Crippen LogP contribution in [0, 0.1) is 5.82 Å². The van der Waals surface area contributed by atoms with Crippen molar-refractivity contribution in [2.75, 3.05) is 43.7 Å². The first-order chi connectivity index (χ1) is 15.5. The van der Waals surface area contributed by atoms with Gasteiger partial charge in [0.2, 0.25) is 0 Å². The molecule has 1 saturated heterocycles. The molecule has 0 radical (unpaired) electrons. The van der Waals surface area contributed by atoms with Gasteiger partial charge < -0.3 is 24.8 Å². The van der Waals surface area contributed by atoms with Gasteiger partial charge in [-0.1, -0.05) is 13.0 Å². The van der Waals surface area contributed by atoms with Crippen LogP contribution in [0.4, 0.5) is 21.5 Å². The molecule has 0 amide bonds. The van der Waals surface area contributed by atoms with Gasteiger partial charge in [0.05, 0.1) is 24.4 Å². The number of nitrogens with one attached hydrogen (secondary N) is 1. The van der Waals surface area contributed by atoms with Crippen molar-refractivity contribution >= 4 is 23.0 Å². The molecule has 2 aromatic carbocycles. The molecule has 0 aromatic heterocycles. The average Bonchev–Trinajstić information content (AvgIpc) is 2.79. The van der Waals surface area contributed by atoms with Crippen LogP contribution < -0.4 is 10.2 Å². The summed E-state index contributed by atoms with van der Waals surface area (Å²) in [6.45, 7) is 4.88. The summed E-state index contributed by atoms with van der Waals surface area (Å²) in [5.41, 5.74) is 3.60. The van der Waals surface area contributed by atoms with Crippen molar-refractivity contribution in [2.45, 2.75) is 44.6 Å². The molecule has 6 nitrogen and oxygen atoms in total. The van der Waals surface area contributed by atoms with Crippen molar-refractivity contribution in [1.29, 1.82) is 0 Å². The molecule has 1 aliphatic rings. The maximum atomic E-state index is 13.4. The highest BCUT2D eigenvalue weighted by molar-refractivity contribution is 5.77. The van der Waals surface area contributed by atoms with Gasteiger partial charge in [0.25, 0.3) is 0 Å². The monoisotopic (exact) mass is 444 g/mol. The van der Waals surface area contributed by atoms with Crippen LogP contribution in [0.25, 0.3) is 0 Å². The first-order valence-corrected chi connectivity index (χ1v) is 11.2. The van der Waals surface area contributed by atoms with Gasteiger partial charge in [-0.25, -0.2) is 4.39 Å². The van der Waals surface area contributed by atoms with Gasteiger partial charge in [-0.2, -0.15) is 0 Å². The van der Waals surface area contributed by atoms with Gasteiger partial charge in [-0.15, -0.1) is 0 Å². The molecule has 0 spiro atoms. The summed E-state index contributed by atoms with van der Waals surface area (Å²) in [6, 6.07) is 12.7. The van der Waals surface area contributed by atoms with E-state index in [0.717, 1.165) is 61.6 Å². The van der Waals surface area contributed by atoms with Crippen molar-refractivity contribution < 1.29 is 23.8 Å². The Bertz CT molecular complexity index is 869. The number of aliphatic carboxylic acids is 1. The van der Waals surface area contributed by atoms with Crippen molar-refractivity contribution in [1.82, 2.24) is 0 Å². The molecule has 7 heteroatoms. The molecule has 0 aliphatic carbocycles. The Morgan fingerprint density at radius 2 is 1.97 bits per heavy atom. The molecule has 1 aliphatic heterocycles. The first kappa shape index (κ1) is 24.0. The van der Waals surface area contributed by atoms with Crippen LogP contribution in [0.1, 0.15) is 44.1 Å². The fraction of sp³-hybridized carbons (Fsp3) is 0.480. The Morgan fingerprint density at radius 3 is 2.59 bits per heavy atom. The van der Waals surface area contributed by atoms with E-state index >= 15 is 0 Å². The highest BCUT2D eigenvalue weighted by Gasteiger charge is 2.25. The molecule has 0 unspecified atom stereocenters. The van der Waals surface area contributed by atoms with Crippen molar-refractivity contribution in [3.63, 3.8) is 0 Å². The maximum Gasteiger partial charge on any atom is 0.304 e. The summed E-state index contributed by atoms with van der Waals surface area (Å²) in [4.78, 5) is 13.8. The Balaban J connectivity index is 2.01. The molecule has 174 valence electrons. The van der Waals surface area contributed by atoms with Crippen molar-refractivity contribution in [3.8, 4) is 0 Å². The minimum absolute atomic E-state index is 0.0121. The van der Waals surface area contributed by atoms with E-state index in [2.05, 4.69) is 23.2 Å². The summed E-state index contributed by atoms with van der Waals surface area (Å²) in [6.07, 6.45) is 2.91. The molecule has 1 atom stereocenters. The third-order valence-electron chi connectivity index (χ3n) is 5.81. The summed E-state index contributed by atoms with van der Waals surface area (Å²) >= 11 is 0. The van der Waals surface area contributed by atoms with Gasteiger partial charge in [-0.3, -0.25) is 4.79 Å². The Kier molecular flexibility index (Phi) is 8.88. The zero-order valence-corrected chi connectivity index (χ0v) is 18.9. The molecule has 32 heavy (non-hydrogen) atoms. The lowest BCUT2D eigenvalue weighted by Gasteiger charge is -2.37. The third-order valence-corrected chi connectivity index (χ3v) is 5.81. The quantitative estimate of drug-likeness (QED) is 0.498. The van der Waals surface area contributed by atoms with E-state index in [1.165, 1.54) is 12.1 Å². The SMILES string of the molecule is CCCN(c1ccc([C@@H](COC)CC(=O)O)cc1Nc1ccc(F)cc1)C1CCOCC1. The number of carboxylic acid groups (broad SMARTS) is 1. The zero-order chi connectivity index (χ0) is 22.9. The fourth-order valence-corrected chi connectivity index (χ4v) is 4.27. The summed E-state index contributed by atoms with van der Waals surface area (Å²) in [7, 11) is 1.58. The van der Waals surface area contributed by atoms with Crippen LogP contribution in [0.3, 0.4) is 0 Å². The largest absolute Gasteiger partial charge is 0.481 e. The molecule has 1 heterocycles. The van der Waals surface area contributed by atoms with Crippen LogP contribution in [0.2, 0.25) is 0 Å². The van der Waals surface area contributed by atoms with Gasteiger partial charge >= 0.3 is 5.97 Å². The van der Waals surface area contributed by atoms with Gasteiger partial charge in [0.1, 0.15) is 5.82 Å². The number of benzene rings is 2. The van der Waals surface area contributed by atoms with E-state index < -0.39 is 5.97 Å². The number of rotatable bonds is 11. The number of hydrogen-bond donors (Lipinski definition) is 2. The predicted octanol–water partition coefficient (Wildman–Crippen LogP) is 5.17. The molecule has 1 fully saturated rings.